The Morgan fingerprint density at radius 1 is 0.895 bits per heavy atom. The maximum absolute atomic E-state index is 4.74. The number of nitrogens with zero attached hydrogens (tertiary/aromatic N) is 2. The fourth-order valence-corrected chi connectivity index (χ4v) is 1.97. The van der Waals surface area contributed by atoms with Crippen LogP contribution < -0.4 is 5.32 Å². The van der Waals surface area contributed by atoms with Crippen LogP contribution in [-0.4, -0.2) is 23.8 Å². The topological polar surface area (TPSA) is 36.8 Å². The highest BCUT2D eigenvalue weighted by atomic mass is 15.1. The van der Waals surface area contributed by atoms with Crippen molar-refractivity contribution in [3.8, 4) is 0 Å². The summed E-state index contributed by atoms with van der Waals surface area (Å²) < 4.78 is 0. The molecule has 1 heterocycles. The van der Waals surface area contributed by atoms with Gasteiger partial charge < -0.3 is 5.32 Å². The second-order valence-corrected chi connectivity index (χ2v) is 5.14. The summed E-state index contributed by atoms with van der Waals surface area (Å²) in [6.45, 7) is 8.59. The van der Waals surface area contributed by atoms with Gasteiger partial charge in [0.25, 0.3) is 0 Å². The maximum atomic E-state index is 4.74. The number of nitrogens with one attached hydrogen (secondary N) is 1. The second kappa shape index (κ2) is 6.00. The largest absolute Gasteiger partial charge is 0.324 e. The van der Waals surface area contributed by atoms with Crippen molar-refractivity contribution in [3.05, 3.63) is 35.4 Å². The molecule has 0 fully saturated rings. The molecule has 1 aromatic rings. The van der Waals surface area contributed by atoms with Crippen LogP contribution in [0.4, 0.5) is 0 Å². The zero-order valence-corrected chi connectivity index (χ0v) is 12.3. The van der Waals surface area contributed by atoms with Gasteiger partial charge in [-0.15, -0.1) is 0 Å². The molecule has 1 aromatic carbocycles. The van der Waals surface area contributed by atoms with Crippen molar-refractivity contribution in [2.45, 2.75) is 52.6 Å². The zero-order valence-electron chi connectivity index (χ0n) is 12.3. The van der Waals surface area contributed by atoms with Crippen LogP contribution in [-0.2, 0) is 0 Å². The fraction of sp³-hybridized carbons (Fsp3) is 0.500. The number of hydrogen-bond acceptors (Lipinski definition) is 2. The first kappa shape index (κ1) is 13.8. The third-order valence-electron chi connectivity index (χ3n) is 3.55. The molecule has 3 heteroatoms. The SMILES string of the molecule is CCC(C)N=C1NC(=NC(C)CC)c2ccccc21. The quantitative estimate of drug-likeness (QED) is 0.882. The van der Waals surface area contributed by atoms with Crippen LogP contribution in [0.1, 0.15) is 51.7 Å². The number of hydrogen-bond donors (Lipinski definition) is 1. The Balaban J connectivity index is 2.39. The Bertz CT molecular complexity index is 457. The Morgan fingerprint density at radius 2 is 1.32 bits per heavy atom. The third-order valence-corrected chi connectivity index (χ3v) is 3.55. The minimum atomic E-state index is 0.332. The fourth-order valence-electron chi connectivity index (χ4n) is 1.97. The van der Waals surface area contributed by atoms with Gasteiger partial charge in [0.05, 0.1) is 0 Å². The van der Waals surface area contributed by atoms with Crippen LogP contribution in [0.25, 0.3) is 0 Å². The average molecular weight is 257 g/mol. The number of amidine groups is 2. The van der Waals surface area contributed by atoms with Crippen LogP contribution in [0, 0.1) is 0 Å². The van der Waals surface area contributed by atoms with Gasteiger partial charge in [-0.25, -0.2) is 0 Å². The van der Waals surface area contributed by atoms with Gasteiger partial charge in [0.15, 0.2) is 0 Å². The summed E-state index contributed by atoms with van der Waals surface area (Å²) in [6.07, 6.45) is 2.09. The van der Waals surface area contributed by atoms with Gasteiger partial charge in [-0.2, -0.15) is 0 Å². The molecular weight excluding hydrogens is 234 g/mol. The highest BCUT2D eigenvalue weighted by Gasteiger charge is 2.23. The molecule has 19 heavy (non-hydrogen) atoms. The summed E-state index contributed by atoms with van der Waals surface area (Å²) in [4.78, 5) is 9.49. The molecular formula is C16H23N3. The summed E-state index contributed by atoms with van der Waals surface area (Å²) in [6, 6.07) is 9.00. The Hall–Kier alpha value is -1.64. The van der Waals surface area contributed by atoms with Crippen LogP contribution >= 0.6 is 0 Å². The first-order chi connectivity index (χ1) is 9.15. The van der Waals surface area contributed by atoms with Crippen LogP contribution in [0.2, 0.25) is 0 Å². The summed E-state index contributed by atoms with van der Waals surface area (Å²) in [5.41, 5.74) is 2.34. The lowest BCUT2D eigenvalue weighted by molar-refractivity contribution is 0.711. The number of benzene rings is 1. The summed E-state index contributed by atoms with van der Waals surface area (Å²) in [5, 5.41) is 3.39. The van der Waals surface area contributed by atoms with E-state index < -0.39 is 0 Å². The molecule has 2 atom stereocenters. The van der Waals surface area contributed by atoms with Crippen molar-refractivity contribution < 1.29 is 0 Å². The van der Waals surface area contributed by atoms with Crippen molar-refractivity contribution in [1.82, 2.24) is 5.32 Å². The van der Waals surface area contributed by atoms with E-state index in [-0.39, 0.29) is 0 Å². The molecule has 0 aliphatic carbocycles. The van der Waals surface area contributed by atoms with Crippen molar-refractivity contribution >= 4 is 11.7 Å². The first-order valence-corrected chi connectivity index (χ1v) is 7.18. The predicted molar refractivity (Wildman–Crippen MR) is 82.2 cm³/mol. The highest BCUT2D eigenvalue weighted by Crippen LogP contribution is 2.18. The molecule has 0 saturated carbocycles. The monoisotopic (exact) mass is 257 g/mol. The number of rotatable bonds is 4. The van der Waals surface area contributed by atoms with E-state index in [1.165, 1.54) is 11.1 Å². The summed E-state index contributed by atoms with van der Waals surface area (Å²) in [7, 11) is 0. The predicted octanol–water partition coefficient (Wildman–Crippen LogP) is 3.38. The average Bonchev–Trinajstić information content (AvgIpc) is 2.77. The molecule has 0 bridgehead atoms. The van der Waals surface area contributed by atoms with E-state index in [0.29, 0.717) is 12.1 Å². The van der Waals surface area contributed by atoms with Crippen molar-refractivity contribution in [3.63, 3.8) is 0 Å². The minimum absolute atomic E-state index is 0.332. The van der Waals surface area contributed by atoms with Crippen LogP contribution in [0.5, 0.6) is 0 Å². The lowest BCUT2D eigenvalue weighted by Gasteiger charge is -2.06. The van der Waals surface area contributed by atoms with Gasteiger partial charge in [-0.1, -0.05) is 38.1 Å². The van der Waals surface area contributed by atoms with E-state index in [1.54, 1.807) is 0 Å². The van der Waals surface area contributed by atoms with E-state index in [0.717, 1.165) is 24.5 Å². The molecule has 102 valence electrons. The van der Waals surface area contributed by atoms with Gasteiger partial charge in [-0.3, -0.25) is 9.98 Å². The Labute approximate surface area is 115 Å². The van der Waals surface area contributed by atoms with Gasteiger partial charge in [-0.05, 0) is 26.7 Å². The molecule has 0 aromatic heterocycles. The van der Waals surface area contributed by atoms with Gasteiger partial charge in [0.1, 0.15) is 11.7 Å². The standard InChI is InChI=1S/C16H23N3/c1-5-11(3)17-15-13-9-7-8-10-14(13)16(19-15)18-12(4)6-2/h7-12H,5-6H2,1-4H3,(H,17,18,19). The van der Waals surface area contributed by atoms with Crippen molar-refractivity contribution in [1.29, 1.82) is 0 Å². The Morgan fingerprint density at radius 3 is 1.68 bits per heavy atom. The first-order valence-electron chi connectivity index (χ1n) is 7.18. The molecule has 2 unspecified atom stereocenters. The zero-order chi connectivity index (χ0) is 13.8. The summed E-state index contributed by atoms with van der Waals surface area (Å²) >= 11 is 0. The second-order valence-electron chi connectivity index (χ2n) is 5.14. The van der Waals surface area contributed by atoms with Crippen LogP contribution in [0.15, 0.2) is 34.3 Å². The number of aliphatic imine (C=N–C) groups is 2. The maximum Gasteiger partial charge on any atom is 0.134 e. The lowest BCUT2D eigenvalue weighted by atomic mass is 10.1. The normalized spacial score (nSPS) is 21.3. The molecule has 0 radical (unpaired) electrons. The molecule has 1 N–H and O–H groups in total. The van der Waals surface area contributed by atoms with Gasteiger partial charge >= 0.3 is 0 Å². The lowest BCUT2D eigenvalue weighted by Crippen LogP contribution is -2.25. The molecule has 1 aliphatic heterocycles. The molecule has 3 nitrogen and oxygen atoms in total. The molecule has 0 amide bonds. The van der Waals surface area contributed by atoms with Crippen LogP contribution in [0.3, 0.4) is 0 Å². The minimum Gasteiger partial charge on any atom is -0.324 e. The highest BCUT2D eigenvalue weighted by molar-refractivity contribution is 6.25. The molecule has 2 rings (SSSR count). The number of fused-ring (bicyclic) bond motifs is 1. The van der Waals surface area contributed by atoms with E-state index in [4.69, 9.17) is 9.98 Å². The van der Waals surface area contributed by atoms with Gasteiger partial charge in [0.2, 0.25) is 0 Å². The van der Waals surface area contributed by atoms with E-state index >= 15 is 0 Å². The Kier molecular flexibility index (Phi) is 4.35. The van der Waals surface area contributed by atoms with E-state index in [1.807, 2.05) is 0 Å². The van der Waals surface area contributed by atoms with Gasteiger partial charge in [0, 0.05) is 23.2 Å². The molecule has 0 spiro atoms. The molecule has 1 aliphatic rings. The van der Waals surface area contributed by atoms with Crippen molar-refractivity contribution in [2.75, 3.05) is 0 Å². The summed E-state index contributed by atoms with van der Waals surface area (Å²) in [5.74, 6) is 1.93. The smallest absolute Gasteiger partial charge is 0.134 e. The molecule has 0 saturated heterocycles. The third kappa shape index (κ3) is 3.03. The van der Waals surface area contributed by atoms with E-state index in [2.05, 4.69) is 57.3 Å². The van der Waals surface area contributed by atoms with E-state index in [9.17, 15) is 0 Å². The van der Waals surface area contributed by atoms with Crippen molar-refractivity contribution in [2.24, 2.45) is 9.98 Å².